The molecule has 0 aromatic heterocycles. The van der Waals surface area contributed by atoms with E-state index in [2.05, 4.69) is 201 Å². The molecule has 0 amide bonds. The van der Waals surface area contributed by atoms with E-state index in [1.165, 1.54) is 55.3 Å². The summed E-state index contributed by atoms with van der Waals surface area (Å²) in [5.41, 5.74) is 17.2. The van der Waals surface area contributed by atoms with Crippen molar-refractivity contribution in [3.8, 4) is 55.6 Å². The lowest BCUT2D eigenvalue weighted by Gasteiger charge is -2.29. The summed E-state index contributed by atoms with van der Waals surface area (Å²) in [7, 11) is 0. The highest BCUT2D eigenvalue weighted by atomic mass is 19.1. The van der Waals surface area contributed by atoms with Crippen LogP contribution in [-0.2, 0) is 5.41 Å². The van der Waals surface area contributed by atoms with E-state index in [9.17, 15) is 4.39 Å². The molecule has 0 bridgehead atoms. The predicted octanol–water partition coefficient (Wildman–Crippen LogP) is 15.4. The Kier molecular flexibility index (Phi) is 8.42. The molecule has 0 heterocycles. The van der Waals surface area contributed by atoms with E-state index in [4.69, 9.17) is 0 Å². The second-order valence-corrected chi connectivity index (χ2v) is 15.5. The zero-order chi connectivity index (χ0) is 38.5. The molecule has 9 aromatic carbocycles. The fourth-order valence-corrected chi connectivity index (χ4v) is 8.88. The van der Waals surface area contributed by atoms with E-state index in [1.54, 1.807) is 12.1 Å². The Balaban J connectivity index is 1.18. The first-order valence-corrected chi connectivity index (χ1v) is 19.6. The molecule has 0 spiro atoms. The molecule has 1 aliphatic carbocycles. The number of hydrogen-bond acceptors (Lipinski definition) is 1. The van der Waals surface area contributed by atoms with Crippen LogP contribution >= 0.6 is 0 Å². The third-order valence-corrected chi connectivity index (χ3v) is 11.8. The summed E-state index contributed by atoms with van der Waals surface area (Å²) in [6.07, 6.45) is 0. The van der Waals surface area contributed by atoms with Gasteiger partial charge in [0.05, 0.1) is 5.69 Å². The van der Waals surface area contributed by atoms with E-state index < -0.39 is 0 Å². The van der Waals surface area contributed by atoms with Crippen LogP contribution in [0.25, 0.3) is 66.4 Å². The Hall–Kier alpha value is -7.03. The fraction of sp³-hybridized carbons (Fsp3) is 0.0545. The SMILES string of the molecule is CC1(C)c2ccccc2-c2c(-c3cc(-c4ccc(-c5ccccc5)cc4)ccc3N(c3ccc(F)cc3)c3ccc(-c4cccc5ccccc45)cc3)cccc21. The maximum Gasteiger partial charge on any atom is 0.123 e. The minimum Gasteiger partial charge on any atom is -0.310 e. The van der Waals surface area contributed by atoms with Gasteiger partial charge in [0.15, 0.2) is 0 Å². The molecule has 272 valence electrons. The van der Waals surface area contributed by atoms with Crippen LogP contribution in [0.2, 0.25) is 0 Å². The van der Waals surface area contributed by atoms with Gasteiger partial charge in [-0.2, -0.15) is 0 Å². The van der Waals surface area contributed by atoms with Crippen LogP contribution in [0.3, 0.4) is 0 Å². The Morgan fingerprint density at radius 3 is 1.68 bits per heavy atom. The highest BCUT2D eigenvalue weighted by Crippen LogP contribution is 2.54. The van der Waals surface area contributed by atoms with Crippen molar-refractivity contribution in [3.63, 3.8) is 0 Å². The van der Waals surface area contributed by atoms with Crippen molar-refractivity contribution >= 4 is 27.8 Å². The average Bonchev–Trinajstić information content (AvgIpc) is 3.51. The van der Waals surface area contributed by atoms with Crippen molar-refractivity contribution in [2.75, 3.05) is 4.90 Å². The second kappa shape index (κ2) is 13.9. The lowest BCUT2D eigenvalue weighted by Crippen LogP contribution is -2.15. The monoisotopic (exact) mass is 733 g/mol. The van der Waals surface area contributed by atoms with Gasteiger partial charge in [0, 0.05) is 22.4 Å². The molecule has 0 atom stereocenters. The summed E-state index contributed by atoms with van der Waals surface area (Å²) in [6.45, 7) is 4.66. The lowest BCUT2D eigenvalue weighted by atomic mass is 9.82. The number of nitrogens with zero attached hydrogens (tertiary/aromatic N) is 1. The molecule has 0 fully saturated rings. The maximum atomic E-state index is 14.6. The molecule has 1 nitrogen and oxygen atoms in total. The van der Waals surface area contributed by atoms with Crippen molar-refractivity contribution < 1.29 is 4.39 Å². The second-order valence-electron chi connectivity index (χ2n) is 15.5. The molecule has 57 heavy (non-hydrogen) atoms. The molecule has 0 saturated carbocycles. The van der Waals surface area contributed by atoms with Crippen molar-refractivity contribution in [3.05, 3.63) is 223 Å². The molecule has 0 N–H and O–H groups in total. The number of rotatable bonds is 7. The Bertz CT molecular complexity index is 2900. The molecule has 2 heteroatoms. The molecular formula is C55H40FN. The molecule has 10 rings (SSSR count). The molecule has 0 radical (unpaired) electrons. The van der Waals surface area contributed by atoms with E-state index in [0.717, 1.165) is 39.3 Å². The number of anilines is 3. The summed E-state index contributed by atoms with van der Waals surface area (Å²) < 4.78 is 14.6. The van der Waals surface area contributed by atoms with Gasteiger partial charge in [0.25, 0.3) is 0 Å². The first-order valence-electron chi connectivity index (χ1n) is 19.6. The molecule has 9 aromatic rings. The van der Waals surface area contributed by atoms with Gasteiger partial charge in [-0.05, 0) is 121 Å². The van der Waals surface area contributed by atoms with Gasteiger partial charge in [0.2, 0.25) is 0 Å². The van der Waals surface area contributed by atoms with E-state index in [-0.39, 0.29) is 11.2 Å². The zero-order valence-electron chi connectivity index (χ0n) is 32.0. The molecular weight excluding hydrogens is 694 g/mol. The van der Waals surface area contributed by atoms with Crippen LogP contribution in [0, 0.1) is 5.82 Å². The molecule has 0 aliphatic heterocycles. The van der Waals surface area contributed by atoms with Crippen molar-refractivity contribution in [1.82, 2.24) is 0 Å². The zero-order valence-corrected chi connectivity index (χ0v) is 32.0. The smallest absolute Gasteiger partial charge is 0.123 e. The third kappa shape index (κ3) is 6.02. The highest BCUT2D eigenvalue weighted by molar-refractivity contribution is 6.00. The molecule has 1 aliphatic rings. The average molecular weight is 734 g/mol. The van der Waals surface area contributed by atoms with Gasteiger partial charge in [-0.15, -0.1) is 0 Å². The topological polar surface area (TPSA) is 3.24 Å². The van der Waals surface area contributed by atoms with E-state index in [1.807, 2.05) is 12.1 Å². The summed E-state index contributed by atoms with van der Waals surface area (Å²) >= 11 is 0. The van der Waals surface area contributed by atoms with Gasteiger partial charge in [-0.3, -0.25) is 0 Å². The normalized spacial score (nSPS) is 12.6. The minimum atomic E-state index is -0.265. The van der Waals surface area contributed by atoms with Crippen molar-refractivity contribution in [2.45, 2.75) is 19.3 Å². The number of halogens is 1. The van der Waals surface area contributed by atoms with Gasteiger partial charge >= 0.3 is 0 Å². The Morgan fingerprint density at radius 1 is 0.386 bits per heavy atom. The van der Waals surface area contributed by atoms with Crippen LogP contribution in [0.15, 0.2) is 206 Å². The maximum absolute atomic E-state index is 14.6. The van der Waals surface area contributed by atoms with E-state index in [0.29, 0.717) is 0 Å². The van der Waals surface area contributed by atoms with Crippen molar-refractivity contribution in [2.24, 2.45) is 0 Å². The fourth-order valence-electron chi connectivity index (χ4n) is 8.88. The van der Waals surface area contributed by atoms with Gasteiger partial charge in [-0.25, -0.2) is 4.39 Å². The molecule has 0 saturated heterocycles. The number of fused-ring (bicyclic) bond motifs is 4. The quantitative estimate of drug-likeness (QED) is 0.158. The summed E-state index contributed by atoms with van der Waals surface area (Å²) in [5, 5.41) is 2.44. The molecule has 0 unspecified atom stereocenters. The first-order chi connectivity index (χ1) is 27.9. The van der Waals surface area contributed by atoms with Crippen LogP contribution in [0.4, 0.5) is 21.5 Å². The minimum absolute atomic E-state index is 0.152. The summed E-state index contributed by atoms with van der Waals surface area (Å²) in [6, 6.07) is 72.4. The summed E-state index contributed by atoms with van der Waals surface area (Å²) in [4.78, 5) is 2.27. The third-order valence-electron chi connectivity index (χ3n) is 11.8. The standard InChI is InChI=1S/C55H40FN/c1-55(2)51-20-9-8-17-49(51)54-48(19-11-21-52(54)55)50-36-42(39-24-22-38(23-25-39)37-12-4-3-5-13-37)28-35-53(50)57(45-33-29-43(56)30-34-45)44-31-26-41(27-32-44)47-18-10-15-40-14-6-7-16-46(40)47/h3-36H,1-2H3. The largest absolute Gasteiger partial charge is 0.310 e. The van der Waals surface area contributed by atoms with Gasteiger partial charge in [0.1, 0.15) is 5.82 Å². The van der Waals surface area contributed by atoms with Gasteiger partial charge < -0.3 is 4.90 Å². The van der Waals surface area contributed by atoms with Crippen LogP contribution in [-0.4, -0.2) is 0 Å². The number of benzene rings is 9. The van der Waals surface area contributed by atoms with Crippen LogP contribution in [0.5, 0.6) is 0 Å². The van der Waals surface area contributed by atoms with Crippen LogP contribution < -0.4 is 4.90 Å². The highest BCUT2D eigenvalue weighted by Gasteiger charge is 2.37. The first kappa shape index (κ1) is 34.5. The van der Waals surface area contributed by atoms with Crippen LogP contribution in [0.1, 0.15) is 25.0 Å². The van der Waals surface area contributed by atoms with Gasteiger partial charge in [-0.1, -0.05) is 172 Å². The van der Waals surface area contributed by atoms with Crippen molar-refractivity contribution in [1.29, 1.82) is 0 Å². The van der Waals surface area contributed by atoms with E-state index >= 15 is 0 Å². The summed E-state index contributed by atoms with van der Waals surface area (Å²) in [5.74, 6) is -0.265. The number of hydrogen-bond donors (Lipinski definition) is 0. The Morgan fingerprint density at radius 2 is 0.912 bits per heavy atom. The lowest BCUT2D eigenvalue weighted by molar-refractivity contribution is 0.628. The predicted molar refractivity (Wildman–Crippen MR) is 238 cm³/mol. The Labute approximate surface area is 334 Å².